The average Bonchev–Trinajstić information content (AvgIpc) is 2.65. The molecule has 2 aromatic rings. The Kier molecular flexibility index (Phi) is 6.67. The van der Waals surface area contributed by atoms with Crippen molar-refractivity contribution in [2.45, 2.75) is 44.6 Å². The van der Waals surface area contributed by atoms with Gasteiger partial charge in [0.2, 0.25) is 5.91 Å². The summed E-state index contributed by atoms with van der Waals surface area (Å²) < 4.78 is 5.65. The smallest absolute Gasteiger partial charge is 0.220 e. The molecule has 0 saturated heterocycles. The molecule has 1 aliphatic rings. The minimum atomic E-state index is 0.103. The summed E-state index contributed by atoms with van der Waals surface area (Å²) in [6, 6.07) is 16.4. The number of ether oxygens (including phenoxy) is 1. The van der Waals surface area contributed by atoms with Gasteiger partial charge in [0.15, 0.2) is 0 Å². The first kappa shape index (κ1) is 18.5. The van der Waals surface area contributed by atoms with Crippen molar-refractivity contribution in [2.75, 3.05) is 18.9 Å². The molecule has 0 heterocycles. The first-order valence-electron chi connectivity index (χ1n) is 9.52. The van der Waals surface area contributed by atoms with Gasteiger partial charge in [0.05, 0.1) is 12.6 Å². The number of benzene rings is 2. The molecule has 26 heavy (non-hydrogen) atoms. The zero-order valence-electron chi connectivity index (χ0n) is 15.2. The van der Waals surface area contributed by atoms with Crippen LogP contribution in [0, 0.1) is 0 Å². The van der Waals surface area contributed by atoms with E-state index in [0.29, 0.717) is 19.6 Å². The van der Waals surface area contributed by atoms with E-state index in [0.717, 1.165) is 37.8 Å². The van der Waals surface area contributed by atoms with Gasteiger partial charge < -0.3 is 15.8 Å². The lowest BCUT2D eigenvalue weighted by atomic mass is 9.87. The van der Waals surface area contributed by atoms with Gasteiger partial charge in [0.1, 0.15) is 0 Å². The van der Waals surface area contributed by atoms with E-state index >= 15 is 0 Å². The number of hydrogen-bond donors (Lipinski definition) is 2. The number of carbonyl (C=O) groups is 1. The van der Waals surface area contributed by atoms with Crippen molar-refractivity contribution in [3.63, 3.8) is 0 Å². The maximum Gasteiger partial charge on any atom is 0.220 e. The van der Waals surface area contributed by atoms with Crippen molar-refractivity contribution < 1.29 is 9.53 Å². The molecule has 3 N–H and O–H groups in total. The second-order valence-electron chi connectivity index (χ2n) is 6.92. The molecule has 1 unspecified atom stereocenters. The number of aryl methyl sites for hydroxylation is 1. The van der Waals surface area contributed by atoms with Crippen molar-refractivity contribution in [3.05, 3.63) is 65.2 Å². The molecule has 0 aliphatic heterocycles. The maximum atomic E-state index is 12.3. The fourth-order valence-corrected chi connectivity index (χ4v) is 3.52. The topological polar surface area (TPSA) is 64.3 Å². The highest BCUT2D eigenvalue weighted by Gasteiger charge is 2.21. The number of anilines is 1. The second kappa shape index (κ2) is 9.39. The van der Waals surface area contributed by atoms with Crippen molar-refractivity contribution in [1.82, 2.24) is 5.32 Å². The van der Waals surface area contributed by atoms with Crippen molar-refractivity contribution in [3.8, 4) is 0 Å². The van der Waals surface area contributed by atoms with E-state index < -0.39 is 0 Å². The number of hydrogen-bond acceptors (Lipinski definition) is 3. The molecule has 0 radical (unpaired) electrons. The Labute approximate surface area is 155 Å². The van der Waals surface area contributed by atoms with Crippen LogP contribution < -0.4 is 11.1 Å². The summed E-state index contributed by atoms with van der Waals surface area (Å²) in [5.74, 6) is 0.103. The third-order valence-electron chi connectivity index (χ3n) is 4.89. The van der Waals surface area contributed by atoms with Crippen molar-refractivity contribution in [2.24, 2.45) is 0 Å². The quantitative estimate of drug-likeness (QED) is 0.561. The minimum Gasteiger partial charge on any atom is -0.399 e. The summed E-state index contributed by atoms with van der Waals surface area (Å²) in [4.78, 5) is 12.3. The van der Waals surface area contributed by atoms with Gasteiger partial charge in [-0.2, -0.15) is 0 Å². The molecule has 0 fully saturated rings. The van der Waals surface area contributed by atoms with Gasteiger partial charge in [-0.1, -0.05) is 36.4 Å². The van der Waals surface area contributed by atoms with E-state index in [-0.39, 0.29) is 11.9 Å². The van der Waals surface area contributed by atoms with Gasteiger partial charge >= 0.3 is 0 Å². The fourth-order valence-electron chi connectivity index (χ4n) is 3.52. The van der Waals surface area contributed by atoms with Crippen molar-refractivity contribution >= 4 is 11.6 Å². The Morgan fingerprint density at radius 3 is 2.85 bits per heavy atom. The number of fused-ring (bicyclic) bond motifs is 1. The van der Waals surface area contributed by atoms with Gasteiger partial charge in [-0.05, 0) is 60.9 Å². The largest absolute Gasteiger partial charge is 0.399 e. The van der Waals surface area contributed by atoms with Crippen LogP contribution in [0.5, 0.6) is 0 Å². The van der Waals surface area contributed by atoms with Gasteiger partial charge in [0, 0.05) is 18.7 Å². The molecule has 1 aliphatic carbocycles. The van der Waals surface area contributed by atoms with Crippen LogP contribution in [0.15, 0.2) is 48.5 Å². The van der Waals surface area contributed by atoms with E-state index in [1.54, 1.807) is 0 Å². The average molecular weight is 352 g/mol. The first-order chi connectivity index (χ1) is 12.7. The molecule has 4 heteroatoms. The highest BCUT2D eigenvalue weighted by Crippen LogP contribution is 2.31. The summed E-state index contributed by atoms with van der Waals surface area (Å²) in [5, 5.41) is 3.18. The third-order valence-corrected chi connectivity index (χ3v) is 4.89. The van der Waals surface area contributed by atoms with Crippen LogP contribution in [-0.4, -0.2) is 19.1 Å². The lowest BCUT2D eigenvalue weighted by Gasteiger charge is -2.26. The Bertz CT molecular complexity index is 715. The van der Waals surface area contributed by atoms with E-state index in [2.05, 4.69) is 23.5 Å². The standard InChI is InChI=1S/C22H28N2O2/c23-19-11-12-20-18(16-19)8-4-9-21(20)24-22(25)10-5-14-26-15-13-17-6-2-1-3-7-17/h1-3,6-7,11-12,16,21H,4-5,8-10,13-15,23H2,(H,24,25). The molecule has 1 amide bonds. The van der Waals surface area contributed by atoms with Crippen LogP contribution in [-0.2, 0) is 22.4 Å². The lowest BCUT2D eigenvalue weighted by Crippen LogP contribution is -2.31. The SMILES string of the molecule is Nc1ccc2c(c1)CCCC2NC(=O)CCCOCCc1ccccc1. The number of nitrogens with two attached hydrogens (primary N) is 1. The first-order valence-corrected chi connectivity index (χ1v) is 9.52. The predicted octanol–water partition coefficient (Wildman–Crippen LogP) is 3.80. The highest BCUT2D eigenvalue weighted by atomic mass is 16.5. The van der Waals surface area contributed by atoms with E-state index in [1.165, 1.54) is 16.7 Å². The third kappa shape index (κ3) is 5.33. The molecule has 1 atom stereocenters. The van der Waals surface area contributed by atoms with Crippen LogP contribution in [0.1, 0.15) is 48.4 Å². The van der Waals surface area contributed by atoms with E-state index in [9.17, 15) is 4.79 Å². The summed E-state index contributed by atoms with van der Waals surface area (Å²) >= 11 is 0. The van der Waals surface area contributed by atoms with Crippen LogP contribution in [0.3, 0.4) is 0 Å². The minimum absolute atomic E-state index is 0.103. The van der Waals surface area contributed by atoms with Gasteiger partial charge in [-0.3, -0.25) is 4.79 Å². The fraction of sp³-hybridized carbons (Fsp3) is 0.409. The van der Waals surface area contributed by atoms with Crippen LogP contribution in [0.4, 0.5) is 5.69 Å². The normalized spacial score (nSPS) is 16.1. The number of amides is 1. The molecule has 4 nitrogen and oxygen atoms in total. The number of nitrogens with one attached hydrogen (secondary N) is 1. The molecular formula is C22H28N2O2. The Morgan fingerprint density at radius 1 is 1.15 bits per heavy atom. The monoisotopic (exact) mass is 352 g/mol. The molecule has 0 saturated carbocycles. The van der Waals surface area contributed by atoms with Gasteiger partial charge in [-0.15, -0.1) is 0 Å². The van der Waals surface area contributed by atoms with Crippen LogP contribution >= 0.6 is 0 Å². The second-order valence-corrected chi connectivity index (χ2v) is 6.92. The molecule has 0 spiro atoms. The number of carbonyl (C=O) groups excluding carboxylic acids is 1. The van der Waals surface area contributed by atoms with Gasteiger partial charge in [-0.25, -0.2) is 0 Å². The zero-order chi connectivity index (χ0) is 18.2. The number of rotatable bonds is 8. The number of nitrogen functional groups attached to an aromatic ring is 1. The van der Waals surface area contributed by atoms with Crippen molar-refractivity contribution in [1.29, 1.82) is 0 Å². The molecular weight excluding hydrogens is 324 g/mol. The zero-order valence-corrected chi connectivity index (χ0v) is 15.2. The van der Waals surface area contributed by atoms with Crippen LogP contribution in [0.25, 0.3) is 0 Å². The highest BCUT2D eigenvalue weighted by molar-refractivity contribution is 5.76. The van der Waals surface area contributed by atoms with E-state index in [4.69, 9.17) is 10.5 Å². The van der Waals surface area contributed by atoms with Crippen LogP contribution in [0.2, 0.25) is 0 Å². The summed E-state index contributed by atoms with van der Waals surface area (Å²) in [6.45, 7) is 1.32. The maximum absolute atomic E-state index is 12.3. The summed E-state index contributed by atoms with van der Waals surface area (Å²) in [6.07, 6.45) is 5.30. The predicted molar refractivity (Wildman–Crippen MR) is 105 cm³/mol. The Balaban J connectivity index is 1.35. The Hall–Kier alpha value is -2.33. The molecule has 2 aromatic carbocycles. The molecule has 0 bridgehead atoms. The van der Waals surface area contributed by atoms with E-state index in [1.807, 2.05) is 30.3 Å². The summed E-state index contributed by atoms with van der Waals surface area (Å²) in [7, 11) is 0. The molecule has 0 aromatic heterocycles. The lowest BCUT2D eigenvalue weighted by molar-refractivity contribution is -0.122. The van der Waals surface area contributed by atoms with Gasteiger partial charge in [0.25, 0.3) is 0 Å². The Morgan fingerprint density at radius 2 is 2.00 bits per heavy atom. The summed E-state index contributed by atoms with van der Waals surface area (Å²) in [5.41, 5.74) is 10.4. The molecule has 3 rings (SSSR count). The molecule has 138 valence electrons.